The minimum atomic E-state index is -3.53. The van der Waals surface area contributed by atoms with Crippen LogP contribution in [0.5, 0.6) is 0 Å². The normalized spacial score (nSPS) is 19.6. The molecule has 1 saturated heterocycles. The van der Waals surface area contributed by atoms with Crippen molar-refractivity contribution in [1.82, 2.24) is 4.31 Å². The molecule has 1 N–H and O–H groups in total. The van der Waals surface area contributed by atoms with Gasteiger partial charge < -0.3 is 4.55 Å². The maximum absolute atomic E-state index is 12.3. The van der Waals surface area contributed by atoms with E-state index in [-0.39, 0.29) is 9.79 Å². The average Bonchev–Trinajstić information content (AvgIpc) is 2.40. The summed E-state index contributed by atoms with van der Waals surface area (Å²) in [5.74, 6) is 0. The quantitative estimate of drug-likeness (QED) is 0.854. The van der Waals surface area contributed by atoms with E-state index in [0.717, 1.165) is 19.3 Å². The van der Waals surface area contributed by atoms with Crippen LogP contribution in [0.25, 0.3) is 0 Å². The monoisotopic (exact) mass is 289 g/mol. The van der Waals surface area contributed by atoms with E-state index in [0.29, 0.717) is 13.1 Å². The van der Waals surface area contributed by atoms with E-state index in [2.05, 4.69) is 0 Å². The van der Waals surface area contributed by atoms with Crippen LogP contribution >= 0.6 is 0 Å². The van der Waals surface area contributed by atoms with E-state index in [1.54, 1.807) is 0 Å². The number of piperidine rings is 1. The van der Waals surface area contributed by atoms with Crippen LogP contribution < -0.4 is 0 Å². The molecule has 1 atom stereocenters. The maximum atomic E-state index is 12.3. The fraction of sp³-hybridized carbons (Fsp3) is 0.455. The molecule has 1 aromatic rings. The summed E-state index contributed by atoms with van der Waals surface area (Å²) in [6.45, 7) is 1.05. The Morgan fingerprint density at radius 1 is 1.17 bits per heavy atom. The van der Waals surface area contributed by atoms with Gasteiger partial charge in [0.05, 0.1) is 9.79 Å². The summed E-state index contributed by atoms with van der Waals surface area (Å²) in [7, 11) is -3.53. The molecule has 0 aromatic heterocycles. The van der Waals surface area contributed by atoms with Gasteiger partial charge in [-0.3, -0.25) is 0 Å². The van der Waals surface area contributed by atoms with Crippen molar-refractivity contribution < 1.29 is 17.2 Å². The van der Waals surface area contributed by atoms with Crippen molar-refractivity contribution in [1.29, 1.82) is 0 Å². The minimum absolute atomic E-state index is 0.0873. The SMILES string of the molecule is O=S(O)c1cccc(S(=O)(=O)N2CCCCC2)c1. The lowest BCUT2D eigenvalue weighted by molar-refractivity contribution is 0.346. The summed E-state index contributed by atoms with van der Waals surface area (Å²) in [6, 6.07) is 5.64. The number of rotatable bonds is 3. The largest absolute Gasteiger partial charge is 0.302 e. The first kappa shape index (κ1) is 13.7. The molecule has 1 heterocycles. The van der Waals surface area contributed by atoms with Crippen LogP contribution in [0.3, 0.4) is 0 Å². The lowest BCUT2D eigenvalue weighted by Gasteiger charge is -2.25. The van der Waals surface area contributed by atoms with Crippen molar-refractivity contribution >= 4 is 21.1 Å². The molecule has 0 bridgehead atoms. The summed E-state index contributed by atoms with van der Waals surface area (Å²) < 4.78 is 46.0. The van der Waals surface area contributed by atoms with Gasteiger partial charge in [-0.15, -0.1) is 0 Å². The topological polar surface area (TPSA) is 74.7 Å². The predicted molar refractivity (Wildman–Crippen MR) is 68.1 cm³/mol. The average molecular weight is 289 g/mol. The number of benzene rings is 1. The van der Waals surface area contributed by atoms with E-state index < -0.39 is 21.1 Å². The highest BCUT2D eigenvalue weighted by Gasteiger charge is 2.26. The molecule has 100 valence electrons. The van der Waals surface area contributed by atoms with Gasteiger partial charge in [0.25, 0.3) is 0 Å². The van der Waals surface area contributed by atoms with Crippen LogP contribution in [0.1, 0.15) is 19.3 Å². The summed E-state index contributed by atoms with van der Waals surface area (Å²) in [6.07, 6.45) is 2.78. The number of sulfonamides is 1. The molecular formula is C11H15NO4S2. The Bertz CT molecular complexity index is 550. The molecule has 1 aromatic carbocycles. The predicted octanol–water partition coefficient (Wildman–Crippen LogP) is 1.44. The van der Waals surface area contributed by atoms with Gasteiger partial charge in [0.2, 0.25) is 10.0 Å². The van der Waals surface area contributed by atoms with Gasteiger partial charge in [0, 0.05) is 13.1 Å². The Labute approximate surface area is 109 Å². The van der Waals surface area contributed by atoms with Crippen molar-refractivity contribution in [2.45, 2.75) is 29.1 Å². The molecule has 1 aliphatic heterocycles. The van der Waals surface area contributed by atoms with Crippen LogP contribution in [0.4, 0.5) is 0 Å². The minimum Gasteiger partial charge on any atom is -0.302 e. The van der Waals surface area contributed by atoms with E-state index in [9.17, 15) is 12.6 Å². The molecule has 0 spiro atoms. The third-order valence-corrected chi connectivity index (χ3v) is 5.51. The van der Waals surface area contributed by atoms with Crippen molar-refractivity contribution in [3.8, 4) is 0 Å². The lowest BCUT2D eigenvalue weighted by atomic mass is 10.2. The van der Waals surface area contributed by atoms with Crippen LogP contribution in [0, 0.1) is 0 Å². The molecule has 18 heavy (non-hydrogen) atoms. The van der Waals surface area contributed by atoms with Crippen LogP contribution in [0.2, 0.25) is 0 Å². The molecular weight excluding hydrogens is 274 g/mol. The molecule has 0 amide bonds. The number of hydrogen-bond donors (Lipinski definition) is 1. The number of nitrogens with zero attached hydrogens (tertiary/aromatic N) is 1. The maximum Gasteiger partial charge on any atom is 0.243 e. The van der Waals surface area contributed by atoms with E-state index in [1.807, 2.05) is 0 Å². The third-order valence-electron chi connectivity index (χ3n) is 2.96. The van der Waals surface area contributed by atoms with Crippen molar-refractivity contribution in [2.75, 3.05) is 13.1 Å². The Hall–Kier alpha value is -0.760. The van der Waals surface area contributed by atoms with Gasteiger partial charge in [-0.1, -0.05) is 12.5 Å². The van der Waals surface area contributed by atoms with Gasteiger partial charge in [-0.05, 0) is 31.0 Å². The molecule has 7 heteroatoms. The van der Waals surface area contributed by atoms with Gasteiger partial charge in [-0.2, -0.15) is 4.31 Å². The molecule has 0 radical (unpaired) electrons. The standard InChI is InChI=1S/C11H15NO4S2/c13-17(14)10-5-4-6-11(9-10)18(15,16)12-7-2-1-3-8-12/h4-6,9H,1-3,7-8H2,(H,13,14). The highest BCUT2D eigenvalue weighted by atomic mass is 32.2. The fourth-order valence-corrected chi connectivity index (χ4v) is 4.06. The van der Waals surface area contributed by atoms with Crippen LogP contribution in [-0.4, -0.2) is 34.6 Å². The zero-order valence-corrected chi connectivity index (χ0v) is 11.4. The second kappa shape index (κ2) is 5.48. The summed E-state index contributed by atoms with van der Waals surface area (Å²) in [5, 5.41) is 0. The first-order chi connectivity index (χ1) is 8.51. The first-order valence-electron chi connectivity index (χ1n) is 5.73. The van der Waals surface area contributed by atoms with Crippen LogP contribution in [0.15, 0.2) is 34.1 Å². The molecule has 0 saturated carbocycles. The number of hydrogen-bond acceptors (Lipinski definition) is 3. The molecule has 1 fully saturated rings. The summed E-state index contributed by atoms with van der Waals surface area (Å²) >= 11 is -2.16. The second-order valence-electron chi connectivity index (χ2n) is 4.19. The smallest absolute Gasteiger partial charge is 0.243 e. The Morgan fingerprint density at radius 2 is 1.83 bits per heavy atom. The van der Waals surface area contributed by atoms with Crippen LogP contribution in [-0.2, 0) is 21.1 Å². The first-order valence-corrected chi connectivity index (χ1v) is 8.27. The zero-order valence-electron chi connectivity index (χ0n) is 9.78. The Kier molecular flexibility index (Phi) is 4.16. The lowest BCUT2D eigenvalue weighted by Crippen LogP contribution is -2.35. The van der Waals surface area contributed by atoms with Crippen molar-refractivity contribution in [3.05, 3.63) is 24.3 Å². The van der Waals surface area contributed by atoms with E-state index in [1.165, 1.54) is 28.6 Å². The summed E-state index contributed by atoms with van der Waals surface area (Å²) in [5.41, 5.74) is 0. The second-order valence-corrected chi connectivity index (χ2v) is 7.10. The van der Waals surface area contributed by atoms with Gasteiger partial charge in [-0.25, -0.2) is 12.6 Å². The zero-order chi connectivity index (χ0) is 13.2. The van der Waals surface area contributed by atoms with Crippen molar-refractivity contribution in [2.24, 2.45) is 0 Å². The third kappa shape index (κ3) is 2.80. The van der Waals surface area contributed by atoms with E-state index in [4.69, 9.17) is 4.55 Å². The van der Waals surface area contributed by atoms with Crippen molar-refractivity contribution in [3.63, 3.8) is 0 Å². The molecule has 2 rings (SSSR count). The van der Waals surface area contributed by atoms with Gasteiger partial charge in [0.1, 0.15) is 0 Å². The van der Waals surface area contributed by atoms with Gasteiger partial charge >= 0.3 is 0 Å². The van der Waals surface area contributed by atoms with E-state index >= 15 is 0 Å². The molecule has 1 aliphatic rings. The molecule has 0 aliphatic carbocycles. The molecule has 5 nitrogen and oxygen atoms in total. The highest BCUT2D eigenvalue weighted by molar-refractivity contribution is 7.89. The molecule has 1 unspecified atom stereocenters. The summed E-state index contributed by atoms with van der Waals surface area (Å²) in [4.78, 5) is 0.192. The fourth-order valence-electron chi connectivity index (χ4n) is 2.00. The Morgan fingerprint density at radius 3 is 2.44 bits per heavy atom. The Balaban J connectivity index is 2.34. The highest BCUT2D eigenvalue weighted by Crippen LogP contribution is 2.21. The van der Waals surface area contributed by atoms with Gasteiger partial charge in [0.15, 0.2) is 11.1 Å².